The zero-order valence-electron chi connectivity index (χ0n) is 8.69. The summed E-state index contributed by atoms with van der Waals surface area (Å²) in [7, 11) is 1.84. The number of carbonyl (C=O) groups excluding carboxylic acids is 1. The van der Waals surface area contributed by atoms with E-state index in [2.05, 4.69) is 5.32 Å². The Bertz CT molecular complexity index is 363. The molecule has 5 heteroatoms. The van der Waals surface area contributed by atoms with Crippen LogP contribution in [0.25, 0.3) is 0 Å². The number of rotatable bonds is 3. The molecule has 2 rings (SSSR count). The second-order valence-electron chi connectivity index (χ2n) is 3.78. The Hall–Kier alpha value is -1.07. The van der Waals surface area contributed by atoms with Crippen LogP contribution in [-0.2, 0) is 11.3 Å². The van der Waals surface area contributed by atoms with E-state index in [1.807, 2.05) is 18.5 Å². The molecule has 1 fully saturated rings. The van der Waals surface area contributed by atoms with Gasteiger partial charge in [0.15, 0.2) is 0 Å². The average Bonchev–Trinajstić information content (AvgIpc) is 2.74. The van der Waals surface area contributed by atoms with Crippen molar-refractivity contribution in [1.82, 2.24) is 10.2 Å². The minimum Gasteiger partial charge on any atom is -0.398 e. The van der Waals surface area contributed by atoms with Gasteiger partial charge in [0.1, 0.15) is 0 Å². The van der Waals surface area contributed by atoms with Gasteiger partial charge in [-0.3, -0.25) is 4.79 Å². The van der Waals surface area contributed by atoms with Crippen molar-refractivity contribution in [2.24, 2.45) is 0 Å². The fourth-order valence-electron chi connectivity index (χ4n) is 1.72. The first kappa shape index (κ1) is 10.4. The summed E-state index contributed by atoms with van der Waals surface area (Å²) in [4.78, 5) is 14.5. The molecule has 0 radical (unpaired) electrons. The van der Waals surface area contributed by atoms with Crippen LogP contribution in [0.3, 0.4) is 0 Å². The van der Waals surface area contributed by atoms with Crippen LogP contribution >= 0.6 is 11.3 Å². The monoisotopic (exact) mass is 225 g/mol. The first-order chi connectivity index (χ1) is 7.18. The Morgan fingerprint density at radius 2 is 2.53 bits per heavy atom. The Labute approximate surface area is 93.1 Å². The molecule has 2 heterocycles. The van der Waals surface area contributed by atoms with Crippen LogP contribution in [0.15, 0.2) is 11.4 Å². The van der Waals surface area contributed by atoms with Crippen molar-refractivity contribution in [3.63, 3.8) is 0 Å². The molecular weight excluding hydrogens is 210 g/mol. The van der Waals surface area contributed by atoms with E-state index in [0.717, 1.165) is 23.5 Å². The maximum atomic E-state index is 11.6. The molecule has 4 nitrogen and oxygen atoms in total. The zero-order valence-corrected chi connectivity index (χ0v) is 9.51. The van der Waals surface area contributed by atoms with Crippen molar-refractivity contribution >= 4 is 22.9 Å². The van der Waals surface area contributed by atoms with E-state index in [9.17, 15) is 4.79 Å². The standard InChI is InChI=1S/C10H15N3OS/c1-13-4-2-8(10(13)14)12-6-9-7(11)3-5-15-9/h3,5,8,12H,2,4,6,11H2,1H3. The van der Waals surface area contributed by atoms with Gasteiger partial charge in [-0.2, -0.15) is 0 Å². The lowest BCUT2D eigenvalue weighted by atomic mass is 10.2. The lowest BCUT2D eigenvalue weighted by Gasteiger charge is -2.11. The molecule has 1 aliphatic rings. The largest absolute Gasteiger partial charge is 0.398 e. The Morgan fingerprint density at radius 3 is 3.07 bits per heavy atom. The van der Waals surface area contributed by atoms with Crippen molar-refractivity contribution in [2.75, 3.05) is 19.3 Å². The van der Waals surface area contributed by atoms with Gasteiger partial charge in [-0.15, -0.1) is 11.3 Å². The minimum atomic E-state index is -0.0310. The molecule has 1 aromatic heterocycles. The molecule has 3 N–H and O–H groups in total. The number of anilines is 1. The third kappa shape index (κ3) is 2.13. The maximum Gasteiger partial charge on any atom is 0.239 e. The van der Waals surface area contributed by atoms with E-state index in [1.54, 1.807) is 16.2 Å². The van der Waals surface area contributed by atoms with Gasteiger partial charge in [-0.05, 0) is 17.9 Å². The van der Waals surface area contributed by atoms with Gasteiger partial charge in [-0.25, -0.2) is 0 Å². The number of hydrogen-bond acceptors (Lipinski definition) is 4. The van der Waals surface area contributed by atoms with E-state index in [-0.39, 0.29) is 11.9 Å². The molecule has 0 spiro atoms. The Balaban J connectivity index is 1.89. The van der Waals surface area contributed by atoms with E-state index in [4.69, 9.17) is 5.73 Å². The fraction of sp³-hybridized carbons (Fsp3) is 0.500. The lowest BCUT2D eigenvalue weighted by Crippen LogP contribution is -2.36. The molecule has 1 atom stereocenters. The summed E-state index contributed by atoms with van der Waals surface area (Å²) in [6, 6.07) is 1.86. The van der Waals surface area contributed by atoms with Crippen molar-refractivity contribution in [3.05, 3.63) is 16.3 Å². The second-order valence-corrected chi connectivity index (χ2v) is 4.78. The van der Waals surface area contributed by atoms with Crippen LogP contribution < -0.4 is 11.1 Å². The summed E-state index contributed by atoms with van der Waals surface area (Å²) in [5, 5.41) is 5.21. The number of carbonyl (C=O) groups is 1. The normalized spacial score (nSPS) is 21.3. The Kier molecular flexibility index (Phi) is 2.93. The topological polar surface area (TPSA) is 58.4 Å². The van der Waals surface area contributed by atoms with E-state index in [0.29, 0.717) is 6.54 Å². The number of nitrogens with two attached hydrogens (primary N) is 1. The average molecular weight is 225 g/mol. The fourth-order valence-corrected chi connectivity index (χ4v) is 2.47. The van der Waals surface area contributed by atoms with Gasteiger partial charge < -0.3 is 16.0 Å². The number of nitrogen functional groups attached to an aromatic ring is 1. The summed E-state index contributed by atoms with van der Waals surface area (Å²) in [6.07, 6.45) is 0.889. The van der Waals surface area contributed by atoms with Crippen molar-refractivity contribution in [1.29, 1.82) is 0 Å². The van der Waals surface area contributed by atoms with Crippen LogP contribution in [0.4, 0.5) is 5.69 Å². The van der Waals surface area contributed by atoms with E-state index >= 15 is 0 Å². The molecule has 1 unspecified atom stereocenters. The van der Waals surface area contributed by atoms with Gasteiger partial charge >= 0.3 is 0 Å². The van der Waals surface area contributed by atoms with Gasteiger partial charge in [0, 0.05) is 30.7 Å². The van der Waals surface area contributed by atoms with Gasteiger partial charge in [-0.1, -0.05) is 0 Å². The highest BCUT2D eigenvalue weighted by Crippen LogP contribution is 2.19. The highest BCUT2D eigenvalue weighted by molar-refractivity contribution is 7.10. The minimum absolute atomic E-state index is 0.0310. The van der Waals surface area contributed by atoms with Gasteiger partial charge in [0.25, 0.3) is 0 Å². The van der Waals surface area contributed by atoms with Crippen LogP contribution in [0.5, 0.6) is 0 Å². The summed E-state index contributed by atoms with van der Waals surface area (Å²) < 4.78 is 0. The number of likely N-dealkylation sites (N-methyl/N-ethyl adjacent to an activating group) is 1. The quantitative estimate of drug-likeness (QED) is 0.794. The summed E-state index contributed by atoms with van der Waals surface area (Å²) >= 11 is 1.62. The van der Waals surface area contributed by atoms with Crippen LogP contribution in [0.1, 0.15) is 11.3 Å². The van der Waals surface area contributed by atoms with Crippen LogP contribution in [-0.4, -0.2) is 30.4 Å². The van der Waals surface area contributed by atoms with Crippen molar-refractivity contribution in [2.45, 2.75) is 19.0 Å². The molecule has 1 saturated heterocycles. The number of hydrogen-bond donors (Lipinski definition) is 2. The third-order valence-corrected chi connectivity index (χ3v) is 3.65. The molecule has 1 amide bonds. The van der Waals surface area contributed by atoms with Crippen LogP contribution in [0.2, 0.25) is 0 Å². The van der Waals surface area contributed by atoms with Crippen molar-refractivity contribution < 1.29 is 4.79 Å². The van der Waals surface area contributed by atoms with E-state index in [1.165, 1.54) is 0 Å². The molecule has 0 bridgehead atoms. The summed E-state index contributed by atoms with van der Waals surface area (Å²) in [6.45, 7) is 1.53. The Morgan fingerprint density at radius 1 is 1.73 bits per heavy atom. The lowest BCUT2D eigenvalue weighted by molar-refractivity contribution is -0.128. The van der Waals surface area contributed by atoms with Gasteiger partial charge in [0.2, 0.25) is 5.91 Å². The maximum absolute atomic E-state index is 11.6. The van der Waals surface area contributed by atoms with Gasteiger partial charge in [0.05, 0.1) is 6.04 Å². The summed E-state index contributed by atoms with van der Waals surface area (Å²) in [5.41, 5.74) is 6.57. The molecule has 1 aromatic rings. The highest BCUT2D eigenvalue weighted by Gasteiger charge is 2.28. The predicted octanol–water partition coefficient (Wildman–Crippen LogP) is 0.651. The molecule has 15 heavy (non-hydrogen) atoms. The first-order valence-electron chi connectivity index (χ1n) is 4.98. The highest BCUT2D eigenvalue weighted by atomic mass is 32.1. The number of nitrogens with zero attached hydrogens (tertiary/aromatic N) is 1. The number of likely N-dealkylation sites (tertiary alicyclic amines) is 1. The molecule has 0 saturated carbocycles. The number of amides is 1. The molecule has 1 aliphatic heterocycles. The SMILES string of the molecule is CN1CCC(NCc2sccc2N)C1=O. The third-order valence-electron chi connectivity index (χ3n) is 2.72. The molecule has 82 valence electrons. The number of thiophene rings is 1. The number of nitrogens with one attached hydrogen (secondary N) is 1. The summed E-state index contributed by atoms with van der Waals surface area (Å²) in [5.74, 6) is 0.185. The first-order valence-corrected chi connectivity index (χ1v) is 5.86. The van der Waals surface area contributed by atoms with E-state index < -0.39 is 0 Å². The second kappa shape index (κ2) is 4.20. The molecule has 0 aromatic carbocycles. The predicted molar refractivity (Wildman–Crippen MR) is 61.6 cm³/mol. The smallest absolute Gasteiger partial charge is 0.239 e. The molecular formula is C10H15N3OS. The molecule has 0 aliphatic carbocycles. The zero-order chi connectivity index (χ0) is 10.8. The van der Waals surface area contributed by atoms with Crippen LogP contribution in [0, 0.1) is 0 Å². The van der Waals surface area contributed by atoms with Crippen molar-refractivity contribution in [3.8, 4) is 0 Å².